The van der Waals surface area contributed by atoms with E-state index in [1.165, 1.54) is 0 Å². The van der Waals surface area contributed by atoms with Gasteiger partial charge in [-0.15, -0.1) is 0 Å². The standard InChI is InChI=1S/C15H20N2O3/c1-15(2,3)20-14(19)17-9-5-4-8-13-12(11-18)7-6-10-16-13/h4,6-8,10-11H,5,9H2,1-3H3,(H,17,19). The maximum atomic E-state index is 11.4. The quantitative estimate of drug-likeness (QED) is 0.663. The molecule has 0 aliphatic rings. The summed E-state index contributed by atoms with van der Waals surface area (Å²) in [5.74, 6) is 0. The van der Waals surface area contributed by atoms with Crippen LogP contribution in [0.2, 0.25) is 0 Å². The Morgan fingerprint density at radius 3 is 2.85 bits per heavy atom. The van der Waals surface area contributed by atoms with E-state index in [0.29, 0.717) is 24.2 Å². The van der Waals surface area contributed by atoms with E-state index in [0.717, 1.165) is 6.29 Å². The first-order valence-corrected chi connectivity index (χ1v) is 6.46. The first-order chi connectivity index (χ1) is 9.42. The molecule has 1 N–H and O–H groups in total. The Labute approximate surface area is 119 Å². The molecule has 0 aliphatic carbocycles. The number of aromatic nitrogens is 1. The van der Waals surface area contributed by atoms with E-state index in [4.69, 9.17) is 4.74 Å². The van der Waals surface area contributed by atoms with Crippen molar-refractivity contribution in [2.75, 3.05) is 6.54 Å². The molecule has 108 valence electrons. The number of carbonyl (C=O) groups excluding carboxylic acids is 2. The number of hydrogen-bond acceptors (Lipinski definition) is 4. The highest BCUT2D eigenvalue weighted by molar-refractivity contribution is 5.80. The zero-order valence-corrected chi connectivity index (χ0v) is 12.1. The van der Waals surface area contributed by atoms with Gasteiger partial charge in [-0.2, -0.15) is 0 Å². The van der Waals surface area contributed by atoms with Gasteiger partial charge in [0.25, 0.3) is 0 Å². The van der Waals surface area contributed by atoms with Gasteiger partial charge >= 0.3 is 6.09 Å². The van der Waals surface area contributed by atoms with Crippen LogP contribution in [0.3, 0.4) is 0 Å². The summed E-state index contributed by atoms with van der Waals surface area (Å²) in [6, 6.07) is 3.42. The van der Waals surface area contributed by atoms with Crippen LogP contribution in [-0.2, 0) is 4.74 Å². The van der Waals surface area contributed by atoms with Gasteiger partial charge in [-0.25, -0.2) is 4.79 Å². The van der Waals surface area contributed by atoms with E-state index in [1.807, 2.05) is 26.8 Å². The number of pyridine rings is 1. The van der Waals surface area contributed by atoms with Crippen molar-refractivity contribution in [3.8, 4) is 0 Å². The van der Waals surface area contributed by atoms with Crippen molar-refractivity contribution in [1.29, 1.82) is 0 Å². The molecule has 0 fully saturated rings. The molecule has 0 unspecified atom stereocenters. The van der Waals surface area contributed by atoms with Crippen LogP contribution in [0.4, 0.5) is 4.79 Å². The Morgan fingerprint density at radius 1 is 1.45 bits per heavy atom. The zero-order chi connectivity index (χ0) is 15.0. The molecule has 0 saturated carbocycles. The van der Waals surface area contributed by atoms with E-state index in [2.05, 4.69) is 10.3 Å². The molecule has 1 aromatic heterocycles. The molecule has 1 rings (SSSR count). The van der Waals surface area contributed by atoms with Crippen molar-refractivity contribution in [1.82, 2.24) is 10.3 Å². The predicted molar refractivity (Wildman–Crippen MR) is 77.5 cm³/mol. The Bertz CT molecular complexity index is 490. The number of amides is 1. The largest absolute Gasteiger partial charge is 0.444 e. The van der Waals surface area contributed by atoms with Crippen LogP contribution < -0.4 is 5.32 Å². The molecule has 1 heterocycles. The molecule has 0 spiro atoms. The number of alkyl carbamates (subject to hydrolysis) is 1. The molecule has 0 radical (unpaired) electrons. The third-order valence-corrected chi connectivity index (χ3v) is 2.25. The molecule has 1 aromatic rings. The summed E-state index contributed by atoms with van der Waals surface area (Å²) < 4.78 is 5.11. The van der Waals surface area contributed by atoms with Crippen molar-refractivity contribution in [3.63, 3.8) is 0 Å². The molecule has 20 heavy (non-hydrogen) atoms. The van der Waals surface area contributed by atoms with Crippen LogP contribution in [0.25, 0.3) is 6.08 Å². The maximum Gasteiger partial charge on any atom is 0.407 e. The van der Waals surface area contributed by atoms with Gasteiger partial charge in [-0.3, -0.25) is 9.78 Å². The molecular weight excluding hydrogens is 256 g/mol. The minimum atomic E-state index is -0.493. The molecule has 0 aliphatic heterocycles. The lowest BCUT2D eigenvalue weighted by Crippen LogP contribution is -2.32. The SMILES string of the molecule is CC(C)(C)OC(=O)NCCC=Cc1ncccc1C=O. The molecule has 5 nitrogen and oxygen atoms in total. The molecule has 1 amide bonds. The second-order valence-corrected chi connectivity index (χ2v) is 5.22. The van der Waals surface area contributed by atoms with Gasteiger partial charge in [0.1, 0.15) is 5.60 Å². The number of aldehydes is 1. The van der Waals surface area contributed by atoms with Gasteiger partial charge in [0.05, 0.1) is 5.69 Å². The minimum Gasteiger partial charge on any atom is -0.444 e. The number of carbonyl (C=O) groups is 2. The molecular formula is C15H20N2O3. The highest BCUT2D eigenvalue weighted by Crippen LogP contribution is 2.07. The van der Waals surface area contributed by atoms with E-state index in [1.54, 1.807) is 24.4 Å². The second-order valence-electron chi connectivity index (χ2n) is 5.22. The molecule has 5 heteroatoms. The Morgan fingerprint density at radius 2 is 2.20 bits per heavy atom. The van der Waals surface area contributed by atoms with Gasteiger partial charge in [0.15, 0.2) is 6.29 Å². The minimum absolute atomic E-state index is 0.433. The lowest BCUT2D eigenvalue weighted by atomic mass is 10.2. The van der Waals surface area contributed by atoms with Crippen molar-refractivity contribution >= 4 is 18.5 Å². The number of rotatable bonds is 5. The van der Waals surface area contributed by atoms with E-state index in [9.17, 15) is 9.59 Å². The monoisotopic (exact) mass is 276 g/mol. The number of nitrogens with zero attached hydrogens (tertiary/aromatic N) is 1. The van der Waals surface area contributed by atoms with Crippen molar-refractivity contribution in [2.24, 2.45) is 0 Å². The van der Waals surface area contributed by atoms with Gasteiger partial charge in [-0.1, -0.05) is 6.08 Å². The Kier molecular flexibility index (Phi) is 5.90. The predicted octanol–water partition coefficient (Wildman–Crippen LogP) is 2.82. The van der Waals surface area contributed by atoms with Gasteiger partial charge in [0, 0.05) is 18.3 Å². The van der Waals surface area contributed by atoms with Crippen molar-refractivity contribution < 1.29 is 14.3 Å². The van der Waals surface area contributed by atoms with Crippen LogP contribution in [0.15, 0.2) is 24.4 Å². The maximum absolute atomic E-state index is 11.4. The lowest BCUT2D eigenvalue weighted by Gasteiger charge is -2.19. The van der Waals surface area contributed by atoms with Crippen LogP contribution >= 0.6 is 0 Å². The summed E-state index contributed by atoms with van der Waals surface area (Å²) >= 11 is 0. The topological polar surface area (TPSA) is 68.3 Å². The third kappa shape index (κ3) is 6.13. The fourth-order valence-electron chi connectivity index (χ4n) is 1.44. The van der Waals surface area contributed by atoms with Crippen LogP contribution in [-0.4, -0.2) is 29.5 Å². The van der Waals surface area contributed by atoms with E-state index in [-0.39, 0.29) is 0 Å². The Balaban J connectivity index is 2.36. The van der Waals surface area contributed by atoms with Gasteiger partial charge in [0.2, 0.25) is 0 Å². The summed E-state index contributed by atoms with van der Waals surface area (Å²) in [5, 5.41) is 2.65. The van der Waals surface area contributed by atoms with Gasteiger partial charge in [-0.05, 0) is 45.4 Å². The first kappa shape index (κ1) is 15.9. The van der Waals surface area contributed by atoms with Crippen LogP contribution in [0, 0.1) is 0 Å². The summed E-state index contributed by atoms with van der Waals surface area (Å²) in [7, 11) is 0. The smallest absolute Gasteiger partial charge is 0.407 e. The van der Waals surface area contributed by atoms with E-state index < -0.39 is 11.7 Å². The molecule has 0 saturated heterocycles. The third-order valence-electron chi connectivity index (χ3n) is 2.25. The summed E-state index contributed by atoms with van der Waals surface area (Å²) in [4.78, 5) is 26.3. The normalized spacial score (nSPS) is 11.3. The fraction of sp³-hybridized carbons (Fsp3) is 0.400. The summed E-state index contributed by atoms with van der Waals surface area (Å²) in [6.07, 6.45) is 6.22. The fourth-order valence-corrected chi connectivity index (χ4v) is 1.44. The average Bonchev–Trinajstić information content (AvgIpc) is 2.36. The molecule has 0 bridgehead atoms. The summed E-state index contributed by atoms with van der Waals surface area (Å²) in [5.41, 5.74) is 0.677. The lowest BCUT2D eigenvalue weighted by molar-refractivity contribution is 0.0528. The van der Waals surface area contributed by atoms with Gasteiger partial charge < -0.3 is 10.1 Å². The average molecular weight is 276 g/mol. The highest BCUT2D eigenvalue weighted by atomic mass is 16.6. The summed E-state index contributed by atoms with van der Waals surface area (Å²) in [6.45, 7) is 5.91. The molecule has 0 aromatic carbocycles. The van der Waals surface area contributed by atoms with Crippen LogP contribution in [0.5, 0.6) is 0 Å². The first-order valence-electron chi connectivity index (χ1n) is 6.46. The number of ether oxygens (including phenoxy) is 1. The highest BCUT2D eigenvalue weighted by Gasteiger charge is 2.15. The second kappa shape index (κ2) is 7.43. The van der Waals surface area contributed by atoms with Crippen LogP contribution in [0.1, 0.15) is 43.2 Å². The number of hydrogen-bond donors (Lipinski definition) is 1. The van der Waals surface area contributed by atoms with Crippen molar-refractivity contribution in [2.45, 2.75) is 32.8 Å². The zero-order valence-electron chi connectivity index (χ0n) is 12.1. The number of nitrogens with one attached hydrogen (secondary N) is 1. The van der Waals surface area contributed by atoms with E-state index >= 15 is 0 Å². The van der Waals surface area contributed by atoms with Crippen molar-refractivity contribution in [3.05, 3.63) is 35.7 Å². The Hall–Kier alpha value is -2.17. The molecule has 0 atom stereocenters.